The molecule has 0 radical (unpaired) electrons. The second kappa shape index (κ2) is 5.36. The van der Waals surface area contributed by atoms with Gasteiger partial charge in [0.1, 0.15) is 17.4 Å². The predicted molar refractivity (Wildman–Crippen MR) is 60.7 cm³/mol. The Hall–Kier alpha value is -1.29. The predicted octanol–water partition coefficient (Wildman–Crippen LogP) is 2.22. The van der Waals surface area contributed by atoms with E-state index in [1.165, 1.54) is 18.2 Å². The smallest absolute Gasteiger partial charge is 0.138 e. The molecule has 0 aromatic heterocycles. The zero-order valence-electron chi connectivity index (χ0n) is 9.51. The summed E-state index contributed by atoms with van der Waals surface area (Å²) in [4.78, 5) is 11.5. The molecule has 2 rings (SSSR count). The summed E-state index contributed by atoms with van der Waals surface area (Å²) in [6.07, 6.45) is 2.49. The summed E-state index contributed by atoms with van der Waals surface area (Å²) >= 11 is 0. The monoisotopic (exact) mass is 239 g/mol. The van der Waals surface area contributed by atoms with Crippen LogP contribution in [0.3, 0.4) is 0 Å². The third-order valence-electron chi connectivity index (χ3n) is 2.85. The lowest BCUT2D eigenvalue weighted by molar-refractivity contribution is -0.118. The van der Waals surface area contributed by atoms with Crippen molar-refractivity contribution in [1.29, 1.82) is 0 Å². The highest BCUT2D eigenvalue weighted by atomic mass is 19.1. The van der Waals surface area contributed by atoms with Crippen LogP contribution in [0.4, 0.5) is 8.78 Å². The van der Waals surface area contributed by atoms with E-state index in [0.717, 1.165) is 12.8 Å². The van der Waals surface area contributed by atoms with Gasteiger partial charge in [0.05, 0.1) is 0 Å². The number of carbonyl (C=O) groups is 1. The molecule has 0 aliphatic heterocycles. The van der Waals surface area contributed by atoms with Gasteiger partial charge in [0.2, 0.25) is 0 Å². The molecule has 1 aromatic rings. The Morgan fingerprint density at radius 1 is 1.29 bits per heavy atom. The van der Waals surface area contributed by atoms with Crippen LogP contribution < -0.4 is 5.32 Å². The van der Waals surface area contributed by atoms with E-state index < -0.39 is 11.6 Å². The molecule has 0 unspecified atom stereocenters. The Bertz CT molecular complexity index is 396. The molecule has 4 heteroatoms. The van der Waals surface area contributed by atoms with Crippen molar-refractivity contribution in [3.8, 4) is 0 Å². The molecule has 1 aromatic carbocycles. The Kier molecular flexibility index (Phi) is 3.84. The maximum absolute atomic E-state index is 13.3. The minimum absolute atomic E-state index is 0.121. The molecule has 0 atom stereocenters. The molecule has 1 fully saturated rings. The summed E-state index contributed by atoms with van der Waals surface area (Å²) in [5.41, 5.74) is -0.121. The SMILES string of the molecule is O=C(CCNC1CC1)Cc1c(F)cccc1F. The molecule has 0 spiro atoms. The van der Waals surface area contributed by atoms with E-state index in [1.54, 1.807) is 0 Å². The van der Waals surface area contributed by atoms with E-state index in [-0.39, 0.29) is 17.8 Å². The zero-order valence-corrected chi connectivity index (χ0v) is 9.51. The van der Waals surface area contributed by atoms with Gasteiger partial charge in [0.15, 0.2) is 0 Å². The molecule has 0 heterocycles. The molecule has 1 N–H and O–H groups in total. The van der Waals surface area contributed by atoms with Gasteiger partial charge < -0.3 is 5.32 Å². The third kappa shape index (κ3) is 3.60. The Labute approximate surface area is 99.0 Å². The molecule has 1 aliphatic carbocycles. The Balaban J connectivity index is 1.84. The molecule has 1 aliphatic rings. The van der Waals surface area contributed by atoms with Crippen LogP contribution in [0.5, 0.6) is 0 Å². The molecule has 17 heavy (non-hydrogen) atoms. The first kappa shape index (κ1) is 12.2. The first-order valence-electron chi connectivity index (χ1n) is 5.85. The molecular formula is C13H15F2NO. The van der Waals surface area contributed by atoms with Crippen LogP contribution >= 0.6 is 0 Å². The number of halogens is 2. The summed E-state index contributed by atoms with van der Waals surface area (Å²) in [7, 11) is 0. The normalized spacial score (nSPS) is 14.9. The molecule has 1 saturated carbocycles. The van der Waals surface area contributed by atoms with Gasteiger partial charge in [0, 0.05) is 31.0 Å². The van der Waals surface area contributed by atoms with Gasteiger partial charge in [-0.25, -0.2) is 8.78 Å². The van der Waals surface area contributed by atoms with Gasteiger partial charge in [-0.15, -0.1) is 0 Å². The molecule has 0 bridgehead atoms. The van der Waals surface area contributed by atoms with Crippen LogP contribution in [0.1, 0.15) is 24.8 Å². The van der Waals surface area contributed by atoms with Crippen molar-refractivity contribution in [2.24, 2.45) is 0 Å². The largest absolute Gasteiger partial charge is 0.314 e. The van der Waals surface area contributed by atoms with Crippen LogP contribution in [0.15, 0.2) is 18.2 Å². The van der Waals surface area contributed by atoms with Gasteiger partial charge in [-0.3, -0.25) is 4.79 Å². The number of Topliss-reactive ketones (excluding diaryl/α,β-unsaturated/α-hetero) is 1. The number of hydrogen-bond acceptors (Lipinski definition) is 2. The molecule has 0 amide bonds. The van der Waals surface area contributed by atoms with Crippen LogP contribution in [0.25, 0.3) is 0 Å². The summed E-state index contributed by atoms with van der Waals surface area (Å²) in [6.45, 7) is 0.597. The zero-order chi connectivity index (χ0) is 12.3. The number of benzene rings is 1. The summed E-state index contributed by atoms with van der Waals surface area (Å²) < 4.78 is 26.5. The Morgan fingerprint density at radius 3 is 2.53 bits per heavy atom. The fourth-order valence-electron chi connectivity index (χ4n) is 1.69. The second-order valence-corrected chi connectivity index (χ2v) is 4.39. The number of hydrogen-bond donors (Lipinski definition) is 1. The highest BCUT2D eigenvalue weighted by Crippen LogP contribution is 2.18. The Morgan fingerprint density at radius 2 is 1.94 bits per heavy atom. The van der Waals surface area contributed by atoms with Gasteiger partial charge in [0.25, 0.3) is 0 Å². The average molecular weight is 239 g/mol. The first-order valence-corrected chi connectivity index (χ1v) is 5.85. The number of ketones is 1. The van der Waals surface area contributed by atoms with Crippen molar-refractivity contribution in [2.45, 2.75) is 31.7 Å². The fourth-order valence-corrected chi connectivity index (χ4v) is 1.69. The highest BCUT2D eigenvalue weighted by molar-refractivity contribution is 5.81. The standard InChI is InChI=1S/C13H15F2NO/c14-12-2-1-3-13(15)11(12)8-10(17)6-7-16-9-4-5-9/h1-3,9,16H,4-8H2. The van der Waals surface area contributed by atoms with E-state index >= 15 is 0 Å². The topological polar surface area (TPSA) is 29.1 Å². The van der Waals surface area contributed by atoms with E-state index in [0.29, 0.717) is 19.0 Å². The van der Waals surface area contributed by atoms with Crippen molar-refractivity contribution in [3.63, 3.8) is 0 Å². The molecule has 92 valence electrons. The fraction of sp³-hybridized carbons (Fsp3) is 0.462. The number of carbonyl (C=O) groups excluding carboxylic acids is 1. The van der Waals surface area contributed by atoms with Crippen molar-refractivity contribution in [1.82, 2.24) is 5.32 Å². The van der Waals surface area contributed by atoms with E-state index in [9.17, 15) is 13.6 Å². The summed E-state index contributed by atoms with van der Waals surface area (Å²) in [6, 6.07) is 4.20. The molecule has 0 saturated heterocycles. The number of rotatable bonds is 6. The minimum atomic E-state index is -0.645. The van der Waals surface area contributed by atoms with E-state index in [1.807, 2.05) is 0 Å². The molecule has 2 nitrogen and oxygen atoms in total. The van der Waals surface area contributed by atoms with Crippen LogP contribution in [0, 0.1) is 11.6 Å². The van der Waals surface area contributed by atoms with Crippen LogP contribution in [-0.2, 0) is 11.2 Å². The van der Waals surface area contributed by atoms with Crippen LogP contribution in [0.2, 0.25) is 0 Å². The van der Waals surface area contributed by atoms with E-state index in [4.69, 9.17) is 0 Å². The summed E-state index contributed by atoms with van der Waals surface area (Å²) in [5, 5.41) is 3.19. The van der Waals surface area contributed by atoms with Crippen molar-refractivity contribution in [3.05, 3.63) is 35.4 Å². The van der Waals surface area contributed by atoms with Crippen LogP contribution in [-0.4, -0.2) is 18.4 Å². The molecular weight excluding hydrogens is 224 g/mol. The highest BCUT2D eigenvalue weighted by Gasteiger charge is 2.20. The van der Waals surface area contributed by atoms with Gasteiger partial charge >= 0.3 is 0 Å². The van der Waals surface area contributed by atoms with Crippen molar-refractivity contribution < 1.29 is 13.6 Å². The van der Waals surface area contributed by atoms with E-state index in [2.05, 4.69) is 5.32 Å². The third-order valence-corrected chi connectivity index (χ3v) is 2.85. The lowest BCUT2D eigenvalue weighted by Gasteiger charge is -2.05. The first-order chi connectivity index (χ1) is 8.16. The summed E-state index contributed by atoms with van der Waals surface area (Å²) in [5.74, 6) is -1.43. The van der Waals surface area contributed by atoms with Gasteiger partial charge in [-0.2, -0.15) is 0 Å². The quantitative estimate of drug-likeness (QED) is 0.824. The average Bonchev–Trinajstić information content (AvgIpc) is 3.08. The number of nitrogens with one attached hydrogen (secondary N) is 1. The maximum Gasteiger partial charge on any atom is 0.138 e. The minimum Gasteiger partial charge on any atom is -0.314 e. The lowest BCUT2D eigenvalue weighted by Crippen LogP contribution is -2.21. The van der Waals surface area contributed by atoms with Gasteiger partial charge in [-0.05, 0) is 25.0 Å². The maximum atomic E-state index is 13.3. The van der Waals surface area contributed by atoms with Crippen molar-refractivity contribution in [2.75, 3.05) is 6.54 Å². The van der Waals surface area contributed by atoms with Crippen molar-refractivity contribution >= 4 is 5.78 Å². The van der Waals surface area contributed by atoms with Gasteiger partial charge in [-0.1, -0.05) is 6.07 Å². The lowest BCUT2D eigenvalue weighted by atomic mass is 10.1. The second-order valence-electron chi connectivity index (χ2n) is 4.39.